The molecule has 5 nitrogen and oxygen atoms in total. The highest BCUT2D eigenvalue weighted by atomic mass is 28.4. The Morgan fingerprint density at radius 2 is 2.06 bits per heavy atom. The first kappa shape index (κ1) is 16.9. The summed E-state index contributed by atoms with van der Waals surface area (Å²) in [6, 6.07) is 0. The Hall–Kier alpha value is -1.14. The minimum absolute atomic E-state index is 0.199. The average Bonchev–Trinajstić information content (AvgIpc) is 2.21. The number of Topliss-reactive ketones (excluding diaryl/α,β-unsaturated/α-hetero) is 1. The highest BCUT2D eigenvalue weighted by Gasteiger charge is 2.38. The molecule has 0 spiro atoms. The molecule has 0 aromatic carbocycles. The van der Waals surface area contributed by atoms with Crippen LogP contribution in [0.5, 0.6) is 0 Å². The van der Waals surface area contributed by atoms with Crippen molar-refractivity contribution in [3.05, 3.63) is 17.9 Å². The maximum atomic E-state index is 11.7. The highest BCUT2D eigenvalue weighted by molar-refractivity contribution is 6.69. The van der Waals surface area contributed by atoms with E-state index >= 15 is 0 Å². The molecule has 104 valence electrons. The summed E-state index contributed by atoms with van der Waals surface area (Å²) in [7, 11) is -2.00. The summed E-state index contributed by atoms with van der Waals surface area (Å²) < 4.78 is 10.7. The number of ether oxygens (including phenoxy) is 1. The van der Waals surface area contributed by atoms with Gasteiger partial charge < -0.3 is 9.26 Å². The summed E-state index contributed by atoms with van der Waals surface area (Å²) in [6.07, 6.45) is 3.07. The number of ketones is 1. The maximum Gasteiger partial charge on any atom is 0.248 e. The summed E-state index contributed by atoms with van der Waals surface area (Å²) >= 11 is 0. The van der Waals surface area contributed by atoms with Gasteiger partial charge in [-0.05, 0) is 13.3 Å². The van der Waals surface area contributed by atoms with Crippen LogP contribution in [-0.2, 0) is 14.1 Å². The van der Waals surface area contributed by atoms with Crippen molar-refractivity contribution >= 4 is 20.3 Å². The van der Waals surface area contributed by atoms with E-state index in [1.807, 2.05) is 19.6 Å². The van der Waals surface area contributed by atoms with E-state index in [4.69, 9.17) is 9.26 Å². The number of carbonyl (C=O) groups is 1. The molecule has 1 atom stereocenters. The predicted octanol–water partition coefficient (Wildman–Crippen LogP) is 2.27. The molecule has 0 aromatic heterocycles. The molecule has 0 amide bonds. The quantitative estimate of drug-likeness (QED) is 0.224. The molecule has 0 aliphatic carbocycles. The van der Waals surface area contributed by atoms with Crippen molar-refractivity contribution in [1.82, 2.24) is 0 Å². The monoisotopic (exact) mass is 273 g/mol. The SMILES string of the molecule is C=CCOC(/C=[N+](\[O-])O[Si](C)(C)C)(CC)C(C)=O. The van der Waals surface area contributed by atoms with Gasteiger partial charge in [0, 0.05) is 4.90 Å². The second-order valence-corrected chi connectivity index (χ2v) is 9.42. The predicted molar refractivity (Wildman–Crippen MR) is 74.0 cm³/mol. The fourth-order valence-corrected chi connectivity index (χ4v) is 1.94. The van der Waals surface area contributed by atoms with E-state index in [-0.39, 0.29) is 12.4 Å². The lowest BCUT2D eigenvalue weighted by Crippen LogP contribution is -2.45. The van der Waals surface area contributed by atoms with Gasteiger partial charge in [-0.2, -0.15) is 0 Å². The van der Waals surface area contributed by atoms with E-state index in [0.29, 0.717) is 11.3 Å². The second kappa shape index (κ2) is 6.70. The largest absolute Gasteiger partial charge is 0.443 e. The van der Waals surface area contributed by atoms with Crippen LogP contribution in [0.25, 0.3) is 0 Å². The van der Waals surface area contributed by atoms with Gasteiger partial charge in [0.25, 0.3) is 0 Å². The molecule has 0 saturated heterocycles. The van der Waals surface area contributed by atoms with Gasteiger partial charge in [0.05, 0.1) is 6.61 Å². The molecule has 6 heteroatoms. The van der Waals surface area contributed by atoms with Crippen molar-refractivity contribution in [3.63, 3.8) is 0 Å². The first-order chi connectivity index (χ1) is 8.17. The lowest BCUT2D eigenvalue weighted by atomic mass is 9.97. The van der Waals surface area contributed by atoms with Crippen molar-refractivity contribution in [1.29, 1.82) is 0 Å². The molecule has 0 rings (SSSR count). The molecular weight excluding hydrogens is 250 g/mol. The summed E-state index contributed by atoms with van der Waals surface area (Å²) in [5, 5.41) is 11.7. The number of rotatable bonds is 8. The Bertz CT molecular complexity index is 335. The maximum absolute atomic E-state index is 11.7. The van der Waals surface area contributed by atoms with Crippen LogP contribution >= 0.6 is 0 Å². The third-order valence-electron chi connectivity index (χ3n) is 2.26. The van der Waals surface area contributed by atoms with E-state index in [1.165, 1.54) is 13.0 Å². The number of hydrogen-bond donors (Lipinski definition) is 0. The number of nitrogens with zero attached hydrogens (tertiary/aromatic N) is 1. The van der Waals surface area contributed by atoms with Crippen LogP contribution in [-0.4, -0.2) is 37.4 Å². The molecular formula is C12H23NO4Si. The van der Waals surface area contributed by atoms with Gasteiger partial charge in [0.1, 0.15) is 0 Å². The molecule has 0 N–H and O–H groups in total. The Labute approximate surface area is 110 Å². The van der Waals surface area contributed by atoms with Crippen LogP contribution in [0.4, 0.5) is 0 Å². The van der Waals surface area contributed by atoms with E-state index in [9.17, 15) is 10.0 Å². The van der Waals surface area contributed by atoms with Gasteiger partial charge in [0.15, 0.2) is 14.1 Å². The fraction of sp³-hybridized carbons (Fsp3) is 0.667. The average molecular weight is 273 g/mol. The third kappa shape index (κ3) is 5.46. The molecule has 0 bridgehead atoms. The van der Waals surface area contributed by atoms with E-state index in [2.05, 4.69) is 6.58 Å². The van der Waals surface area contributed by atoms with E-state index in [1.54, 1.807) is 6.92 Å². The number of hydrogen-bond acceptors (Lipinski definition) is 4. The molecule has 0 heterocycles. The van der Waals surface area contributed by atoms with E-state index < -0.39 is 13.9 Å². The molecule has 0 radical (unpaired) electrons. The second-order valence-electron chi connectivity index (χ2n) is 5.02. The van der Waals surface area contributed by atoms with Crippen molar-refractivity contribution in [2.75, 3.05) is 6.61 Å². The van der Waals surface area contributed by atoms with Crippen LogP contribution in [0.1, 0.15) is 20.3 Å². The molecule has 1 unspecified atom stereocenters. The first-order valence-corrected chi connectivity index (χ1v) is 9.35. The Morgan fingerprint density at radius 3 is 2.39 bits per heavy atom. The molecule has 0 saturated carbocycles. The van der Waals surface area contributed by atoms with Crippen LogP contribution in [0.2, 0.25) is 19.6 Å². The molecule has 18 heavy (non-hydrogen) atoms. The van der Waals surface area contributed by atoms with Crippen molar-refractivity contribution in [2.24, 2.45) is 0 Å². The lowest BCUT2D eigenvalue weighted by Gasteiger charge is -2.25. The lowest BCUT2D eigenvalue weighted by molar-refractivity contribution is -0.702. The van der Waals surface area contributed by atoms with Gasteiger partial charge in [-0.25, -0.2) is 0 Å². The minimum Gasteiger partial charge on any atom is -0.443 e. The van der Waals surface area contributed by atoms with Gasteiger partial charge in [-0.3, -0.25) is 10.0 Å². The van der Waals surface area contributed by atoms with Crippen molar-refractivity contribution in [2.45, 2.75) is 45.5 Å². The van der Waals surface area contributed by atoms with E-state index in [0.717, 1.165) is 6.21 Å². The Morgan fingerprint density at radius 1 is 1.50 bits per heavy atom. The molecule has 0 aromatic rings. The van der Waals surface area contributed by atoms with Crippen molar-refractivity contribution in [3.8, 4) is 0 Å². The normalized spacial score (nSPS) is 15.9. The molecule has 0 aliphatic rings. The molecule has 0 aliphatic heterocycles. The Kier molecular flexibility index (Phi) is 6.27. The van der Waals surface area contributed by atoms with Crippen LogP contribution in [0, 0.1) is 5.21 Å². The van der Waals surface area contributed by atoms with Gasteiger partial charge in [0.2, 0.25) is 11.8 Å². The van der Waals surface area contributed by atoms with Gasteiger partial charge >= 0.3 is 0 Å². The van der Waals surface area contributed by atoms with Gasteiger partial charge in [-0.15, -0.1) is 6.58 Å². The van der Waals surface area contributed by atoms with Gasteiger partial charge in [-0.1, -0.05) is 32.6 Å². The Balaban J connectivity index is 5.13. The summed E-state index contributed by atoms with van der Waals surface area (Å²) in [6.45, 7) is 12.6. The molecule has 0 fully saturated rings. The topological polar surface area (TPSA) is 61.6 Å². The van der Waals surface area contributed by atoms with Crippen LogP contribution < -0.4 is 0 Å². The first-order valence-electron chi connectivity index (χ1n) is 5.94. The summed E-state index contributed by atoms with van der Waals surface area (Å²) in [5.41, 5.74) is -1.24. The smallest absolute Gasteiger partial charge is 0.248 e. The third-order valence-corrected chi connectivity index (χ3v) is 2.99. The van der Waals surface area contributed by atoms with Crippen LogP contribution in [0.15, 0.2) is 12.7 Å². The minimum atomic E-state index is -2.00. The number of carbonyl (C=O) groups excluding carboxylic acids is 1. The zero-order chi connectivity index (χ0) is 14.4. The van der Waals surface area contributed by atoms with Crippen molar-refractivity contribution < 1.29 is 19.0 Å². The summed E-state index contributed by atoms with van der Waals surface area (Å²) in [4.78, 5) is 12.1. The summed E-state index contributed by atoms with van der Waals surface area (Å²) in [5.74, 6) is -0.230. The zero-order valence-electron chi connectivity index (χ0n) is 11.9. The van der Waals surface area contributed by atoms with Crippen LogP contribution in [0.3, 0.4) is 0 Å². The standard InChI is InChI=1S/C12H23NO4Si/c1-7-9-16-12(8-2,11(3)14)10-13(15)17-18(4,5)6/h7,10H,1,8-9H2,2-6H3/b13-10+. The fourth-order valence-electron chi connectivity index (χ4n) is 1.35. The zero-order valence-corrected chi connectivity index (χ0v) is 12.9. The highest BCUT2D eigenvalue weighted by Crippen LogP contribution is 2.16.